The minimum absolute atomic E-state index is 0.880. The third kappa shape index (κ3) is 6.78. The van der Waals surface area contributed by atoms with E-state index in [1.807, 2.05) is 12.1 Å². The molecule has 2 nitrogen and oxygen atoms in total. The number of furan rings is 1. The maximum Gasteiger partial charge on any atom is 0.143 e. The van der Waals surface area contributed by atoms with Gasteiger partial charge in [-0.3, -0.25) is 0 Å². The van der Waals surface area contributed by atoms with E-state index in [1.165, 1.54) is 33.4 Å². The second kappa shape index (κ2) is 15.5. The van der Waals surface area contributed by atoms with E-state index in [1.54, 1.807) is 0 Å². The summed E-state index contributed by atoms with van der Waals surface area (Å²) >= 11 is 0. The maximum atomic E-state index is 6.58. The first-order valence-corrected chi connectivity index (χ1v) is 19.8. The molecule has 2 heteroatoms. The van der Waals surface area contributed by atoms with Crippen molar-refractivity contribution in [3.63, 3.8) is 0 Å². The molecule has 0 aliphatic carbocycles. The zero-order chi connectivity index (χ0) is 38.7. The molecule has 1 heterocycles. The van der Waals surface area contributed by atoms with Crippen molar-refractivity contribution in [2.24, 2.45) is 0 Å². The molecule has 0 aliphatic heterocycles. The molecular weight excluding hydrogens is 703 g/mol. The van der Waals surface area contributed by atoms with E-state index in [2.05, 4.69) is 229 Å². The average molecular weight is 742 g/mol. The fraction of sp³-hybridized carbons (Fsp3) is 0. The van der Waals surface area contributed by atoms with E-state index in [0.717, 1.165) is 61.6 Å². The summed E-state index contributed by atoms with van der Waals surface area (Å²) in [6.45, 7) is 0. The van der Waals surface area contributed by atoms with Gasteiger partial charge in [-0.25, -0.2) is 0 Å². The Balaban J connectivity index is 1.02. The van der Waals surface area contributed by atoms with Crippen LogP contribution in [0.25, 0.3) is 77.9 Å². The quantitative estimate of drug-likeness (QED) is 0.146. The first-order chi connectivity index (χ1) is 28.8. The Morgan fingerprint density at radius 3 is 1.34 bits per heavy atom. The van der Waals surface area contributed by atoms with Crippen LogP contribution in [-0.4, -0.2) is 0 Å². The van der Waals surface area contributed by atoms with E-state index >= 15 is 0 Å². The zero-order valence-corrected chi connectivity index (χ0v) is 31.9. The molecule has 0 bridgehead atoms. The van der Waals surface area contributed by atoms with Gasteiger partial charge in [0.05, 0.1) is 5.69 Å². The van der Waals surface area contributed by atoms with E-state index in [-0.39, 0.29) is 0 Å². The van der Waals surface area contributed by atoms with Gasteiger partial charge in [-0.1, -0.05) is 194 Å². The average Bonchev–Trinajstić information content (AvgIpc) is 3.71. The van der Waals surface area contributed by atoms with Gasteiger partial charge in [-0.05, 0) is 87.0 Å². The molecule has 0 aliphatic rings. The van der Waals surface area contributed by atoms with Gasteiger partial charge in [0.25, 0.3) is 0 Å². The summed E-state index contributed by atoms with van der Waals surface area (Å²) in [7, 11) is 0. The normalized spacial score (nSPS) is 11.1. The SMILES string of the molecule is c1ccc(-c2ccc(-c3ccc(N(c4ccc(-c5cccc(-c6oc7ccccc7c6-c6ccccc6)c5)cc4)c4ccccc4-c4ccccc4)cc3)cc2)cc1. The number of para-hydroxylation sites is 2. The third-order valence-corrected chi connectivity index (χ3v) is 10.9. The van der Waals surface area contributed by atoms with E-state index in [9.17, 15) is 0 Å². The Morgan fingerprint density at radius 2 is 0.724 bits per heavy atom. The van der Waals surface area contributed by atoms with Gasteiger partial charge >= 0.3 is 0 Å². The Hall–Kier alpha value is -7.68. The second-order valence-corrected chi connectivity index (χ2v) is 14.5. The van der Waals surface area contributed by atoms with Crippen LogP contribution in [-0.2, 0) is 0 Å². The summed E-state index contributed by atoms with van der Waals surface area (Å²) in [5.41, 5.74) is 16.9. The summed E-state index contributed by atoms with van der Waals surface area (Å²) in [5, 5.41) is 1.11. The van der Waals surface area contributed by atoms with Gasteiger partial charge in [0.2, 0.25) is 0 Å². The fourth-order valence-electron chi connectivity index (χ4n) is 8.03. The van der Waals surface area contributed by atoms with Crippen LogP contribution in [0.15, 0.2) is 241 Å². The monoisotopic (exact) mass is 741 g/mol. The van der Waals surface area contributed by atoms with Crippen molar-refractivity contribution < 1.29 is 4.42 Å². The molecule has 0 saturated heterocycles. The van der Waals surface area contributed by atoms with E-state index in [0.29, 0.717) is 0 Å². The van der Waals surface area contributed by atoms with Crippen molar-refractivity contribution in [2.45, 2.75) is 0 Å². The topological polar surface area (TPSA) is 16.4 Å². The highest BCUT2D eigenvalue weighted by Gasteiger charge is 2.20. The van der Waals surface area contributed by atoms with Crippen molar-refractivity contribution in [3.8, 4) is 67.0 Å². The molecule has 0 saturated carbocycles. The minimum Gasteiger partial charge on any atom is -0.455 e. The third-order valence-electron chi connectivity index (χ3n) is 10.9. The molecule has 0 radical (unpaired) electrons. The first kappa shape index (κ1) is 34.8. The molecule has 274 valence electrons. The molecule has 10 rings (SSSR count). The van der Waals surface area contributed by atoms with Crippen molar-refractivity contribution in [1.82, 2.24) is 0 Å². The number of hydrogen-bond donors (Lipinski definition) is 0. The van der Waals surface area contributed by atoms with Crippen LogP contribution in [0.3, 0.4) is 0 Å². The van der Waals surface area contributed by atoms with Gasteiger partial charge < -0.3 is 9.32 Å². The van der Waals surface area contributed by atoms with Crippen LogP contribution < -0.4 is 4.90 Å². The summed E-state index contributed by atoms with van der Waals surface area (Å²) in [6, 6.07) is 84.0. The largest absolute Gasteiger partial charge is 0.455 e. The Bertz CT molecular complexity index is 2950. The van der Waals surface area contributed by atoms with Crippen molar-refractivity contribution in [1.29, 1.82) is 0 Å². The molecule has 0 N–H and O–H groups in total. The maximum absolute atomic E-state index is 6.58. The van der Waals surface area contributed by atoms with Gasteiger partial charge in [-0.15, -0.1) is 0 Å². The number of nitrogens with zero attached hydrogens (tertiary/aromatic N) is 1. The summed E-state index contributed by atoms with van der Waals surface area (Å²) in [6.07, 6.45) is 0. The van der Waals surface area contributed by atoms with E-state index in [4.69, 9.17) is 4.42 Å². The lowest BCUT2D eigenvalue weighted by molar-refractivity contribution is 0.632. The molecule has 0 spiro atoms. The zero-order valence-electron chi connectivity index (χ0n) is 31.9. The highest BCUT2D eigenvalue weighted by Crippen LogP contribution is 2.44. The van der Waals surface area contributed by atoms with Crippen molar-refractivity contribution >= 4 is 28.0 Å². The van der Waals surface area contributed by atoms with Crippen LogP contribution in [0.5, 0.6) is 0 Å². The summed E-state index contributed by atoms with van der Waals surface area (Å²) in [5.74, 6) is 0.880. The Morgan fingerprint density at radius 1 is 0.293 bits per heavy atom. The second-order valence-electron chi connectivity index (χ2n) is 14.5. The lowest BCUT2D eigenvalue weighted by Gasteiger charge is -2.28. The smallest absolute Gasteiger partial charge is 0.143 e. The van der Waals surface area contributed by atoms with Crippen LogP contribution in [0.1, 0.15) is 0 Å². The van der Waals surface area contributed by atoms with Crippen LogP contribution >= 0.6 is 0 Å². The number of benzene rings is 9. The van der Waals surface area contributed by atoms with Gasteiger partial charge in [0.15, 0.2) is 0 Å². The van der Waals surface area contributed by atoms with Gasteiger partial charge in [0, 0.05) is 33.5 Å². The minimum atomic E-state index is 0.880. The van der Waals surface area contributed by atoms with E-state index < -0.39 is 0 Å². The van der Waals surface area contributed by atoms with Crippen LogP contribution in [0.4, 0.5) is 17.1 Å². The number of anilines is 3. The van der Waals surface area contributed by atoms with Gasteiger partial charge in [-0.2, -0.15) is 0 Å². The number of rotatable bonds is 9. The Labute approximate surface area is 339 Å². The summed E-state index contributed by atoms with van der Waals surface area (Å²) in [4.78, 5) is 2.37. The predicted octanol–water partition coefficient (Wildman–Crippen LogP) is 15.9. The lowest BCUT2D eigenvalue weighted by Crippen LogP contribution is -2.11. The summed E-state index contributed by atoms with van der Waals surface area (Å²) < 4.78 is 6.58. The molecule has 0 atom stereocenters. The van der Waals surface area contributed by atoms with Crippen molar-refractivity contribution in [2.75, 3.05) is 4.90 Å². The molecule has 0 fully saturated rings. The predicted molar refractivity (Wildman–Crippen MR) is 244 cm³/mol. The van der Waals surface area contributed by atoms with Crippen LogP contribution in [0, 0.1) is 0 Å². The molecule has 0 amide bonds. The van der Waals surface area contributed by atoms with Crippen LogP contribution in [0.2, 0.25) is 0 Å². The number of fused-ring (bicyclic) bond motifs is 1. The van der Waals surface area contributed by atoms with Crippen molar-refractivity contribution in [3.05, 3.63) is 237 Å². The molecule has 10 aromatic rings. The molecule has 58 heavy (non-hydrogen) atoms. The van der Waals surface area contributed by atoms with Gasteiger partial charge in [0.1, 0.15) is 11.3 Å². The lowest BCUT2D eigenvalue weighted by atomic mass is 9.96. The molecule has 0 unspecified atom stereocenters. The Kier molecular flexibility index (Phi) is 9.27. The highest BCUT2D eigenvalue weighted by atomic mass is 16.3. The molecular formula is C56H39NO. The standard InChI is InChI=1S/C56H39NO/c1-4-15-40(16-5-1)41-27-29-42(30-28-41)43-31-35-49(36-32-43)57(53-25-12-10-23-51(53)45-17-6-2-7-18-45)50-37-33-44(34-38-50)47-21-14-22-48(39-47)56-55(46-19-8-3-9-20-46)52-24-11-13-26-54(52)58-56/h1-39H. The number of hydrogen-bond acceptors (Lipinski definition) is 2. The first-order valence-electron chi connectivity index (χ1n) is 19.8. The molecule has 9 aromatic carbocycles. The fourth-order valence-corrected chi connectivity index (χ4v) is 8.03. The highest BCUT2D eigenvalue weighted by molar-refractivity contribution is 6.02. The molecule has 1 aromatic heterocycles.